The number of likely N-dealkylation sites (tertiary alicyclic amines) is 1. The number of piperidine rings is 1. The molecular weight excluding hydrogens is 232 g/mol. The molecule has 0 aromatic carbocycles. The molecule has 0 N–H and O–H groups in total. The smallest absolute Gasteiger partial charge is 0.301 e. The van der Waals surface area contributed by atoms with E-state index in [0.29, 0.717) is 17.8 Å². The van der Waals surface area contributed by atoms with Gasteiger partial charge in [-0.3, -0.25) is 14.8 Å². The lowest BCUT2D eigenvalue weighted by Crippen LogP contribution is -2.39. The van der Waals surface area contributed by atoms with Crippen molar-refractivity contribution in [3.63, 3.8) is 0 Å². The van der Waals surface area contributed by atoms with E-state index < -0.39 is 0 Å². The van der Waals surface area contributed by atoms with Gasteiger partial charge in [0.05, 0.1) is 11.0 Å². The molecular formula is C12H20N4O2. The number of aryl methyl sites for hydroxylation is 1. The van der Waals surface area contributed by atoms with E-state index in [0.717, 1.165) is 25.9 Å². The number of rotatable bonds is 3. The summed E-state index contributed by atoms with van der Waals surface area (Å²) in [6, 6.07) is 0.868. The summed E-state index contributed by atoms with van der Waals surface area (Å²) in [6.45, 7) is 8.16. The summed E-state index contributed by atoms with van der Waals surface area (Å²) < 4.78 is 1.78. The van der Waals surface area contributed by atoms with Gasteiger partial charge in [-0.2, -0.15) is 5.10 Å². The molecule has 0 unspecified atom stereocenters. The first-order valence-corrected chi connectivity index (χ1v) is 6.43. The topological polar surface area (TPSA) is 64.2 Å². The fourth-order valence-corrected chi connectivity index (χ4v) is 2.51. The lowest BCUT2D eigenvalue weighted by molar-refractivity contribution is -0.385. The minimum absolute atomic E-state index is 0.126. The Kier molecular flexibility index (Phi) is 3.65. The van der Waals surface area contributed by atoms with Crippen LogP contribution < -0.4 is 0 Å². The molecule has 6 heteroatoms. The molecule has 0 saturated carbocycles. The van der Waals surface area contributed by atoms with Gasteiger partial charge in [0, 0.05) is 19.1 Å². The number of nitrogens with zero attached hydrogens (tertiary/aromatic N) is 4. The molecule has 1 aliphatic rings. The van der Waals surface area contributed by atoms with Gasteiger partial charge >= 0.3 is 5.69 Å². The molecule has 2 rings (SSSR count). The summed E-state index contributed by atoms with van der Waals surface area (Å²) in [5.74, 6) is 0. The van der Waals surface area contributed by atoms with Crippen molar-refractivity contribution in [3.05, 3.63) is 22.0 Å². The molecule has 0 atom stereocenters. The van der Waals surface area contributed by atoms with Crippen molar-refractivity contribution < 1.29 is 4.92 Å². The second-order valence-electron chi connectivity index (χ2n) is 5.20. The van der Waals surface area contributed by atoms with Gasteiger partial charge in [0.2, 0.25) is 0 Å². The summed E-state index contributed by atoms with van der Waals surface area (Å²) >= 11 is 0. The first-order valence-electron chi connectivity index (χ1n) is 6.43. The molecule has 0 spiro atoms. The Hall–Kier alpha value is -1.43. The number of hydrogen-bond acceptors (Lipinski definition) is 4. The molecule has 0 radical (unpaired) electrons. The van der Waals surface area contributed by atoms with Crippen molar-refractivity contribution in [2.24, 2.45) is 0 Å². The van der Waals surface area contributed by atoms with Crippen LogP contribution in [0.2, 0.25) is 0 Å². The molecule has 1 aliphatic heterocycles. The Morgan fingerprint density at radius 1 is 1.44 bits per heavy atom. The van der Waals surface area contributed by atoms with E-state index in [4.69, 9.17) is 0 Å². The minimum atomic E-state index is -0.359. The highest BCUT2D eigenvalue weighted by Gasteiger charge is 2.25. The molecule has 1 fully saturated rings. The summed E-state index contributed by atoms with van der Waals surface area (Å²) in [5.41, 5.74) is 0.632. The fraction of sp³-hybridized carbons (Fsp3) is 0.750. The number of hydrogen-bond donors (Lipinski definition) is 0. The average molecular weight is 252 g/mol. The van der Waals surface area contributed by atoms with Crippen molar-refractivity contribution in [3.8, 4) is 0 Å². The Balaban J connectivity index is 2.06. The van der Waals surface area contributed by atoms with Crippen LogP contribution in [0, 0.1) is 17.0 Å². The monoisotopic (exact) mass is 252 g/mol. The molecule has 2 heterocycles. The van der Waals surface area contributed by atoms with Gasteiger partial charge in [-0.05, 0) is 33.6 Å². The van der Waals surface area contributed by atoms with E-state index >= 15 is 0 Å². The zero-order valence-corrected chi connectivity index (χ0v) is 11.2. The molecule has 0 bridgehead atoms. The van der Waals surface area contributed by atoms with Crippen LogP contribution in [0.4, 0.5) is 5.69 Å². The normalized spacial score (nSPS) is 18.4. The van der Waals surface area contributed by atoms with E-state index in [1.165, 1.54) is 0 Å². The van der Waals surface area contributed by atoms with Gasteiger partial charge in [-0.25, -0.2) is 0 Å². The van der Waals surface area contributed by atoms with Crippen molar-refractivity contribution in [1.82, 2.24) is 14.7 Å². The van der Waals surface area contributed by atoms with Crippen LogP contribution in [0.25, 0.3) is 0 Å². The van der Waals surface area contributed by atoms with Gasteiger partial charge in [-0.15, -0.1) is 0 Å². The van der Waals surface area contributed by atoms with Gasteiger partial charge in [0.1, 0.15) is 11.9 Å². The summed E-state index contributed by atoms with van der Waals surface area (Å²) in [4.78, 5) is 12.9. The second kappa shape index (κ2) is 5.06. The molecule has 0 amide bonds. The maximum atomic E-state index is 10.8. The Bertz CT molecular complexity index is 433. The third-order valence-electron chi connectivity index (χ3n) is 3.69. The van der Waals surface area contributed by atoms with E-state index in [1.54, 1.807) is 17.8 Å². The van der Waals surface area contributed by atoms with Crippen LogP contribution >= 0.6 is 0 Å². The van der Waals surface area contributed by atoms with Crippen LogP contribution in [0.3, 0.4) is 0 Å². The SMILES string of the molecule is Cc1nn(C2CCN(C(C)C)CC2)cc1[N+](=O)[O-]. The standard InChI is InChI=1S/C12H20N4O2/c1-9(2)14-6-4-11(5-7-14)15-8-12(16(17)18)10(3)13-15/h8-9,11H,4-7H2,1-3H3. The molecule has 1 aromatic rings. The van der Waals surface area contributed by atoms with Crippen molar-refractivity contribution >= 4 is 5.69 Å². The molecule has 1 aromatic heterocycles. The molecule has 0 aliphatic carbocycles. The van der Waals surface area contributed by atoms with Gasteiger partial charge < -0.3 is 4.90 Å². The van der Waals surface area contributed by atoms with Gasteiger partial charge in [0.25, 0.3) is 0 Å². The summed E-state index contributed by atoms with van der Waals surface area (Å²) in [5, 5.41) is 15.1. The number of aromatic nitrogens is 2. The van der Waals surface area contributed by atoms with Crippen LogP contribution in [-0.2, 0) is 0 Å². The highest BCUT2D eigenvalue weighted by molar-refractivity contribution is 5.31. The predicted octanol–water partition coefficient (Wildman–Crippen LogP) is 2.15. The lowest BCUT2D eigenvalue weighted by Gasteiger charge is -2.34. The molecule has 18 heavy (non-hydrogen) atoms. The minimum Gasteiger partial charge on any atom is -0.301 e. The third-order valence-corrected chi connectivity index (χ3v) is 3.69. The quantitative estimate of drug-likeness (QED) is 0.610. The molecule has 100 valence electrons. The maximum Gasteiger partial charge on any atom is 0.309 e. The van der Waals surface area contributed by atoms with Crippen molar-refractivity contribution in [2.75, 3.05) is 13.1 Å². The first kappa shape index (κ1) is 13.0. The van der Waals surface area contributed by atoms with E-state index in [9.17, 15) is 10.1 Å². The second-order valence-corrected chi connectivity index (χ2v) is 5.20. The summed E-state index contributed by atoms with van der Waals surface area (Å²) in [6.07, 6.45) is 3.60. The van der Waals surface area contributed by atoms with Crippen LogP contribution in [0.1, 0.15) is 38.4 Å². The zero-order valence-electron chi connectivity index (χ0n) is 11.2. The van der Waals surface area contributed by atoms with E-state index in [-0.39, 0.29) is 10.6 Å². The fourth-order valence-electron chi connectivity index (χ4n) is 2.51. The highest BCUT2D eigenvalue weighted by atomic mass is 16.6. The zero-order chi connectivity index (χ0) is 13.3. The Labute approximate surface area is 107 Å². The molecule has 1 saturated heterocycles. The predicted molar refractivity (Wildman–Crippen MR) is 68.6 cm³/mol. The van der Waals surface area contributed by atoms with Crippen LogP contribution in [0.15, 0.2) is 6.20 Å². The number of nitro groups is 1. The van der Waals surface area contributed by atoms with E-state index in [2.05, 4.69) is 23.8 Å². The van der Waals surface area contributed by atoms with Crippen LogP contribution in [-0.4, -0.2) is 38.7 Å². The van der Waals surface area contributed by atoms with Crippen molar-refractivity contribution in [1.29, 1.82) is 0 Å². The van der Waals surface area contributed by atoms with Gasteiger partial charge in [0.15, 0.2) is 0 Å². The van der Waals surface area contributed by atoms with Gasteiger partial charge in [-0.1, -0.05) is 0 Å². The third kappa shape index (κ3) is 2.53. The lowest BCUT2D eigenvalue weighted by atomic mass is 10.0. The maximum absolute atomic E-state index is 10.8. The Morgan fingerprint density at radius 3 is 2.50 bits per heavy atom. The average Bonchev–Trinajstić information content (AvgIpc) is 2.71. The summed E-state index contributed by atoms with van der Waals surface area (Å²) in [7, 11) is 0. The van der Waals surface area contributed by atoms with Crippen molar-refractivity contribution in [2.45, 2.75) is 45.7 Å². The Morgan fingerprint density at radius 2 is 2.06 bits per heavy atom. The van der Waals surface area contributed by atoms with E-state index in [1.807, 2.05) is 0 Å². The molecule has 6 nitrogen and oxygen atoms in total. The highest BCUT2D eigenvalue weighted by Crippen LogP contribution is 2.26. The first-order chi connectivity index (χ1) is 8.49. The van der Waals surface area contributed by atoms with Crippen LogP contribution in [0.5, 0.6) is 0 Å². The largest absolute Gasteiger partial charge is 0.309 e.